The van der Waals surface area contributed by atoms with Crippen molar-refractivity contribution in [2.75, 3.05) is 6.54 Å². The van der Waals surface area contributed by atoms with Crippen LogP contribution in [0.1, 0.15) is 57.9 Å². The second kappa shape index (κ2) is 12.2. The molecule has 0 spiro atoms. The van der Waals surface area contributed by atoms with E-state index in [-0.39, 0.29) is 42.3 Å². The molecule has 3 unspecified atom stereocenters. The van der Waals surface area contributed by atoms with Crippen molar-refractivity contribution in [3.63, 3.8) is 0 Å². The highest BCUT2D eigenvalue weighted by Crippen LogP contribution is 2.29. The number of amides is 3. The molecule has 3 N–H and O–H groups in total. The smallest absolute Gasteiger partial charge is 0.251 e. The van der Waals surface area contributed by atoms with Crippen LogP contribution in [0.4, 0.5) is 4.39 Å². The molecule has 8 heteroatoms. The maximum Gasteiger partial charge on any atom is 0.251 e. The number of benzene rings is 3. The van der Waals surface area contributed by atoms with Crippen molar-refractivity contribution in [2.45, 2.75) is 56.9 Å². The van der Waals surface area contributed by atoms with Crippen LogP contribution < -0.4 is 16.0 Å². The summed E-state index contributed by atoms with van der Waals surface area (Å²) in [4.78, 5) is 38.8. The predicted molar refractivity (Wildman–Crippen MR) is 146 cm³/mol. The third kappa shape index (κ3) is 6.52. The number of carbonyl (C=O) groups is 3. The molecule has 0 aromatic heterocycles. The lowest BCUT2D eigenvalue weighted by atomic mass is 9.87. The van der Waals surface area contributed by atoms with Crippen LogP contribution >= 0.6 is 0 Å². The van der Waals surface area contributed by atoms with E-state index in [1.165, 1.54) is 22.1 Å². The molecule has 0 radical (unpaired) electrons. The third-order valence-corrected chi connectivity index (χ3v) is 7.55. The minimum absolute atomic E-state index is 0.0262. The maximum absolute atomic E-state index is 13.9. The Balaban J connectivity index is 1.11. The molecule has 39 heavy (non-hydrogen) atoms. The molecular formula is C31H33FN4O3. The molecule has 1 saturated heterocycles. The second-order valence-electron chi connectivity index (χ2n) is 10.3. The number of aryl methyl sites for hydroxylation is 1. The van der Waals surface area contributed by atoms with E-state index in [0.29, 0.717) is 37.0 Å². The van der Waals surface area contributed by atoms with Gasteiger partial charge in [0.1, 0.15) is 5.82 Å². The van der Waals surface area contributed by atoms with E-state index in [1.807, 2.05) is 12.1 Å². The maximum atomic E-state index is 13.9. The van der Waals surface area contributed by atoms with Crippen LogP contribution in [0.15, 0.2) is 72.8 Å². The predicted octanol–water partition coefficient (Wildman–Crippen LogP) is 3.64. The quantitative estimate of drug-likeness (QED) is 0.370. The molecule has 3 aromatic carbocycles. The van der Waals surface area contributed by atoms with E-state index in [2.05, 4.69) is 28.1 Å². The van der Waals surface area contributed by atoms with E-state index >= 15 is 0 Å². The van der Waals surface area contributed by atoms with Gasteiger partial charge in [-0.1, -0.05) is 54.6 Å². The Morgan fingerprint density at radius 1 is 0.974 bits per heavy atom. The van der Waals surface area contributed by atoms with Crippen LogP contribution in [0.25, 0.3) is 0 Å². The standard InChI is InChI=1S/C31H33FN4O3/c32-27-10-4-2-7-24(27)19-36(20-37)18-21-12-14-23(15-13-21)30(38)34-25-16-29(33-17-25)31(39)35-28-11-5-8-22-6-1-3-9-26(22)28/h1-4,6-7,9-10,12-15,20,25,28-29,33H,5,8,11,16-19H2,(H,34,38)(H,35,39). The fraction of sp³-hybridized carbons (Fsp3) is 0.323. The summed E-state index contributed by atoms with van der Waals surface area (Å²) < 4.78 is 13.9. The van der Waals surface area contributed by atoms with Gasteiger partial charge in [0.05, 0.1) is 12.1 Å². The number of rotatable bonds is 9. The van der Waals surface area contributed by atoms with Crippen LogP contribution in [0.3, 0.4) is 0 Å². The van der Waals surface area contributed by atoms with Gasteiger partial charge in [0.2, 0.25) is 12.3 Å². The summed E-state index contributed by atoms with van der Waals surface area (Å²) in [5.74, 6) is -0.598. The van der Waals surface area contributed by atoms with Crippen molar-refractivity contribution in [3.8, 4) is 0 Å². The molecule has 1 aliphatic carbocycles. The SMILES string of the molecule is O=CN(Cc1ccc(C(=O)NC2CNC(C(=O)NC3CCCc4ccccc43)C2)cc1)Cc1ccccc1F. The van der Waals surface area contributed by atoms with Crippen molar-refractivity contribution in [2.24, 2.45) is 0 Å². The first-order chi connectivity index (χ1) is 19.0. The first-order valence-corrected chi connectivity index (χ1v) is 13.4. The zero-order valence-electron chi connectivity index (χ0n) is 21.7. The Hall–Kier alpha value is -4.04. The van der Waals surface area contributed by atoms with E-state index in [1.54, 1.807) is 42.5 Å². The van der Waals surface area contributed by atoms with Crippen LogP contribution in [-0.2, 0) is 29.1 Å². The summed E-state index contributed by atoms with van der Waals surface area (Å²) in [6.07, 6.45) is 4.24. The van der Waals surface area contributed by atoms with Gasteiger partial charge in [-0.2, -0.15) is 0 Å². The summed E-state index contributed by atoms with van der Waals surface area (Å²) in [7, 11) is 0. The van der Waals surface area contributed by atoms with Gasteiger partial charge in [0.25, 0.3) is 5.91 Å². The lowest BCUT2D eigenvalue weighted by molar-refractivity contribution is -0.123. The number of hydrogen-bond acceptors (Lipinski definition) is 4. The lowest BCUT2D eigenvalue weighted by Gasteiger charge is -2.27. The van der Waals surface area contributed by atoms with E-state index < -0.39 is 0 Å². The summed E-state index contributed by atoms with van der Waals surface area (Å²) in [5, 5.41) is 9.47. The van der Waals surface area contributed by atoms with Crippen molar-refractivity contribution < 1.29 is 18.8 Å². The van der Waals surface area contributed by atoms with Crippen LogP contribution in [0, 0.1) is 5.82 Å². The molecule has 202 valence electrons. The minimum atomic E-state index is -0.351. The van der Waals surface area contributed by atoms with E-state index in [4.69, 9.17) is 0 Å². The highest BCUT2D eigenvalue weighted by atomic mass is 19.1. The molecule has 1 fully saturated rings. The Kier molecular flexibility index (Phi) is 8.32. The molecule has 2 aliphatic rings. The zero-order chi connectivity index (χ0) is 27.2. The van der Waals surface area contributed by atoms with Gasteiger partial charge in [0, 0.05) is 36.8 Å². The van der Waals surface area contributed by atoms with Gasteiger partial charge < -0.3 is 20.9 Å². The minimum Gasteiger partial charge on any atom is -0.348 e. The average Bonchev–Trinajstić information content (AvgIpc) is 3.43. The van der Waals surface area contributed by atoms with Gasteiger partial charge in [-0.15, -0.1) is 0 Å². The number of nitrogens with one attached hydrogen (secondary N) is 3. The number of carbonyl (C=O) groups excluding carboxylic acids is 3. The fourth-order valence-electron chi connectivity index (χ4n) is 5.46. The van der Waals surface area contributed by atoms with Crippen molar-refractivity contribution >= 4 is 18.2 Å². The second-order valence-corrected chi connectivity index (χ2v) is 10.3. The van der Waals surface area contributed by atoms with Crippen LogP contribution in [0.2, 0.25) is 0 Å². The summed E-state index contributed by atoms with van der Waals surface area (Å²) in [6, 6.07) is 21.2. The fourth-order valence-corrected chi connectivity index (χ4v) is 5.46. The van der Waals surface area contributed by atoms with Crippen molar-refractivity contribution in [1.82, 2.24) is 20.9 Å². The first kappa shape index (κ1) is 26.6. The Labute approximate surface area is 227 Å². The summed E-state index contributed by atoms with van der Waals surface area (Å²) in [6.45, 7) is 0.983. The third-order valence-electron chi connectivity index (χ3n) is 7.55. The number of fused-ring (bicyclic) bond motifs is 1. The Morgan fingerprint density at radius 2 is 1.74 bits per heavy atom. The van der Waals surface area contributed by atoms with E-state index in [9.17, 15) is 18.8 Å². The number of halogens is 1. The van der Waals surface area contributed by atoms with Gasteiger partial charge in [-0.05, 0) is 60.6 Å². The topological polar surface area (TPSA) is 90.5 Å². The van der Waals surface area contributed by atoms with E-state index in [0.717, 1.165) is 24.8 Å². The molecule has 7 nitrogen and oxygen atoms in total. The monoisotopic (exact) mass is 528 g/mol. The highest BCUT2D eigenvalue weighted by molar-refractivity contribution is 5.94. The zero-order valence-corrected chi connectivity index (χ0v) is 21.7. The number of nitrogens with zero attached hydrogens (tertiary/aromatic N) is 1. The molecular weight excluding hydrogens is 495 g/mol. The first-order valence-electron chi connectivity index (χ1n) is 13.4. The van der Waals surface area contributed by atoms with Crippen LogP contribution in [-0.4, -0.2) is 41.8 Å². The normalized spacial score (nSPS) is 20.1. The largest absolute Gasteiger partial charge is 0.348 e. The van der Waals surface area contributed by atoms with Gasteiger partial charge in [-0.25, -0.2) is 4.39 Å². The highest BCUT2D eigenvalue weighted by Gasteiger charge is 2.32. The van der Waals surface area contributed by atoms with Crippen molar-refractivity contribution in [1.29, 1.82) is 0 Å². The van der Waals surface area contributed by atoms with Crippen LogP contribution in [0.5, 0.6) is 0 Å². The average molecular weight is 529 g/mol. The molecule has 3 amide bonds. The Morgan fingerprint density at radius 3 is 2.54 bits per heavy atom. The summed E-state index contributed by atoms with van der Waals surface area (Å²) >= 11 is 0. The van der Waals surface area contributed by atoms with Gasteiger partial charge in [-0.3, -0.25) is 14.4 Å². The molecule has 5 rings (SSSR count). The lowest BCUT2D eigenvalue weighted by Crippen LogP contribution is -2.42. The Bertz CT molecular complexity index is 1330. The molecule has 3 aromatic rings. The van der Waals surface area contributed by atoms with Crippen molar-refractivity contribution in [3.05, 3.63) is 106 Å². The number of hydrogen-bond donors (Lipinski definition) is 3. The summed E-state index contributed by atoms with van der Waals surface area (Å²) in [5.41, 5.74) is 4.28. The van der Waals surface area contributed by atoms with Gasteiger partial charge >= 0.3 is 0 Å². The molecule has 3 atom stereocenters. The molecule has 1 aliphatic heterocycles. The van der Waals surface area contributed by atoms with Gasteiger partial charge in [0.15, 0.2) is 0 Å². The molecule has 0 saturated carbocycles. The molecule has 1 heterocycles. The molecule has 0 bridgehead atoms.